The van der Waals surface area contributed by atoms with Crippen LogP contribution in [0, 0.1) is 5.41 Å². The van der Waals surface area contributed by atoms with Crippen molar-refractivity contribution in [1.82, 2.24) is 0 Å². The maximum Gasteiger partial charge on any atom is 0.156 e. The third-order valence-corrected chi connectivity index (χ3v) is 2.55. The molecule has 0 spiro atoms. The van der Waals surface area contributed by atoms with E-state index < -0.39 is 0 Å². The van der Waals surface area contributed by atoms with E-state index in [1.165, 1.54) is 0 Å². The molecule has 0 saturated carbocycles. The van der Waals surface area contributed by atoms with Gasteiger partial charge in [0.1, 0.15) is 0 Å². The zero-order valence-corrected chi connectivity index (χ0v) is 8.54. The van der Waals surface area contributed by atoms with Gasteiger partial charge < -0.3 is 4.42 Å². The molecule has 0 N–H and O–H groups in total. The third kappa shape index (κ3) is 1.79. The second kappa shape index (κ2) is 3.12. The van der Waals surface area contributed by atoms with E-state index in [-0.39, 0.29) is 11.2 Å². The molecule has 0 bridgehead atoms. The van der Waals surface area contributed by atoms with E-state index in [0.717, 1.165) is 17.6 Å². The molecule has 0 unspecified atom stereocenters. The van der Waals surface area contributed by atoms with E-state index in [1.54, 1.807) is 18.6 Å². The van der Waals surface area contributed by atoms with E-state index in [1.807, 2.05) is 6.07 Å². The molecule has 1 aliphatic carbocycles. The molecular weight excluding hydrogens is 176 g/mol. The van der Waals surface area contributed by atoms with Gasteiger partial charge in [-0.05, 0) is 29.6 Å². The lowest BCUT2D eigenvalue weighted by Crippen LogP contribution is -2.21. The summed E-state index contributed by atoms with van der Waals surface area (Å²) in [5, 5.41) is 0. The Balaban J connectivity index is 2.33. The fraction of sp³-hybridized carbons (Fsp3) is 0.417. The number of furan rings is 1. The molecule has 14 heavy (non-hydrogen) atoms. The second-order valence-electron chi connectivity index (χ2n) is 4.67. The molecule has 2 nitrogen and oxygen atoms in total. The zero-order chi connectivity index (χ0) is 10.2. The van der Waals surface area contributed by atoms with Crippen molar-refractivity contribution >= 4 is 11.4 Å². The van der Waals surface area contributed by atoms with E-state index in [9.17, 15) is 4.79 Å². The highest BCUT2D eigenvalue weighted by Gasteiger charge is 2.28. The lowest BCUT2D eigenvalue weighted by Gasteiger charge is -2.28. The lowest BCUT2D eigenvalue weighted by atomic mass is 9.75. The molecule has 0 atom stereocenters. The molecule has 0 aromatic carbocycles. The Morgan fingerprint density at radius 2 is 2.14 bits per heavy atom. The summed E-state index contributed by atoms with van der Waals surface area (Å²) in [6.07, 6.45) is 6.67. The minimum atomic E-state index is 0.0818. The van der Waals surface area contributed by atoms with Gasteiger partial charge in [0.15, 0.2) is 5.78 Å². The van der Waals surface area contributed by atoms with Gasteiger partial charge in [0.25, 0.3) is 0 Å². The highest BCUT2D eigenvalue weighted by molar-refractivity contribution is 5.99. The Hall–Kier alpha value is -1.31. The molecule has 0 aliphatic heterocycles. The average molecular weight is 190 g/mol. The zero-order valence-electron chi connectivity index (χ0n) is 8.54. The van der Waals surface area contributed by atoms with Gasteiger partial charge in [0, 0.05) is 12.0 Å². The minimum Gasteiger partial charge on any atom is -0.472 e. The van der Waals surface area contributed by atoms with Gasteiger partial charge in [-0.15, -0.1) is 0 Å². The molecule has 1 heterocycles. The summed E-state index contributed by atoms with van der Waals surface area (Å²) in [6.45, 7) is 4.25. The van der Waals surface area contributed by atoms with E-state index in [0.29, 0.717) is 6.42 Å². The van der Waals surface area contributed by atoms with Gasteiger partial charge in [0.2, 0.25) is 0 Å². The van der Waals surface area contributed by atoms with Gasteiger partial charge in [-0.25, -0.2) is 0 Å². The van der Waals surface area contributed by atoms with Crippen LogP contribution < -0.4 is 0 Å². The van der Waals surface area contributed by atoms with Gasteiger partial charge in [-0.3, -0.25) is 4.79 Å². The number of ketones is 1. The fourth-order valence-electron chi connectivity index (χ4n) is 1.98. The Labute approximate surface area is 83.6 Å². The standard InChI is InChI=1S/C12H14O2/c1-12(2)6-10(5-11(13)7-12)9-3-4-14-8-9/h3-5,8H,6-7H2,1-2H3. The van der Waals surface area contributed by atoms with E-state index >= 15 is 0 Å². The van der Waals surface area contributed by atoms with Crippen molar-refractivity contribution < 1.29 is 9.21 Å². The van der Waals surface area contributed by atoms with Gasteiger partial charge >= 0.3 is 0 Å². The summed E-state index contributed by atoms with van der Waals surface area (Å²) in [7, 11) is 0. The van der Waals surface area contributed by atoms with Crippen molar-refractivity contribution in [2.24, 2.45) is 5.41 Å². The molecule has 0 amide bonds. The molecule has 0 fully saturated rings. The molecule has 1 aliphatic rings. The first-order valence-corrected chi connectivity index (χ1v) is 4.83. The van der Waals surface area contributed by atoms with Gasteiger partial charge in [-0.1, -0.05) is 13.8 Å². The van der Waals surface area contributed by atoms with Crippen LogP contribution in [0.25, 0.3) is 5.57 Å². The van der Waals surface area contributed by atoms with Crippen molar-refractivity contribution in [1.29, 1.82) is 0 Å². The number of carbonyl (C=O) groups excluding carboxylic acids is 1. The smallest absolute Gasteiger partial charge is 0.156 e. The highest BCUT2D eigenvalue weighted by atomic mass is 16.3. The molecule has 2 rings (SSSR count). The van der Waals surface area contributed by atoms with Crippen molar-refractivity contribution in [2.75, 3.05) is 0 Å². The largest absolute Gasteiger partial charge is 0.472 e. The number of allylic oxidation sites excluding steroid dienone is 2. The third-order valence-electron chi connectivity index (χ3n) is 2.55. The highest BCUT2D eigenvalue weighted by Crippen LogP contribution is 2.37. The molecule has 2 heteroatoms. The predicted molar refractivity (Wildman–Crippen MR) is 54.7 cm³/mol. The summed E-state index contributed by atoms with van der Waals surface area (Å²) in [6, 6.07) is 1.90. The number of hydrogen-bond donors (Lipinski definition) is 0. The summed E-state index contributed by atoms with van der Waals surface area (Å²) in [5.74, 6) is 0.220. The molecule has 0 radical (unpaired) electrons. The maximum absolute atomic E-state index is 11.5. The summed E-state index contributed by atoms with van der Waals surface area (Å²) in [5.41, 5.74) is 2.21. The SMILES string of the molecule is CC1(C)CC(=O)C=C(c2ccoc2)C1. The Morgan fingerprint density at radius 3 is 2.71 bits per heavy atom. The first kappa shape index (κ1) is 9.25. The van der Waals surface area contributed by atoms with Crippen LogP contribution in [0.3, 0.4) is 0 Å². The number of hydrogen-bond acceptors (Lipinski definition) is 2. The lowest BCUT2D eigenvalue weighted by molar-refractivity contribution is -0.116. The van der Waals surface area contributed by atoms with Crippen molar-refractivity contribution in [3.63, 3.8) is 0 Å². The van der Waals surface area contributed by atoms with Crippen LogP contribution in [0.15, 0.2) is 29.1 Å². The molecule has 1 aromatic rings. The molecule has 0 saturated heterocycles. The topological polar surface area (TPSA) is 30.2 Å². The van der Waals surface area contributed by atoms with Crippen LogP contribution in [0.2, 0.25) is 0 Å². The maximum atomic E-state index is 11.5. The van der Waals surface area contributed by atoms with Crippen LogP contribution in [-0.2, 0) is 4.79 Å². The Bertz CT molecular complexity index is 369. The molecular formula is C12H14O2. The fourth-order valence-corrected chi connectivity index (χ4v) is 1.98. The van der Waals surface area contributed by atoms with Gasteiger partial charge in [0.05, 0.1) is 12.5 Å². The quantitative estimate of drug-likeness (QED) is 0.681. The van der Waals surface area contributed by atoms with E-state index in [4.69, 9.17) is 4.42 Å². The normalized spacial score (nSPS) is 20.7. The first-order chi connectivity index (χ1) is 6.57. The second-order valence-corrected chi connectivity index (χ2v) is 4.67. The molecule has 1 aromatic heterocycles. The Kier molecular flexibility index (Phi) is 2.06. The van der Waals surface area contributed by atoms with E-state index in [2.05, 4.69) is 13.8 Å². The summed E-state index contributed by atoms with van der Waals surface area (Å²) < 4.78 is 5.02. The first-order valence-electron chi connectivity index (χ1n) is 4.83. The van der Waals surface area contributed by atoms with Crippen LogP contribution in [0.1, 0.15) is 32.3 Å². The van der Waals surface area contributed by atoms with Gasteiger partial charge in [-0.2, -0.15) is 0 Å². The van der Waals surface area contributed by atoms with Crippen LogP contribution in [0.5, 0.6) is 0 Å². The van der Waals surface area contributed by atoms with Crippen LogP contribution in [-0.4, -0.2) is 5.78 Å². The van der Waals surface area contributed by atoms with Crippen LogP contribution >= 0.6 is 0 Å². The summed E-state index contributed by atoms with van der Waals surface area (Å²) in [4.78, 5) is 11.5. The Morgan fingerprint density at radius 1 is 1.36 bits per heavy atom. The van der Waals surface area contributed by atoms with Crippen molar-refractivity contribution in [3.8, 4) is 0 Å². The average Bonchev–Trinajstić information content (AvgIpc) is 2.51. The van der Waals surface area contributed by atoms with Crippen LogP contribution in [0.4, 0.5) is 0 Å². The van der Waals surface area contributed by atoms with Crippen molar-refractivity contribution in [3.05, 3.63) is 30.2 Å². The number of carbonyl (C=O) groups is 1. The predicted octanol–water partition coefficient (Wildman–Crippen LogP) is 3.05. The summed E-state index contributed by atoms with van der Waals surface area (Å²) >= 11 is 0. The number of rotatable bonds is 1. The monoisotopic (exact) mass is 190 g/mol. The van der Waals surface area contributed by atoms with Crippen molar-refractivity contribution in [2.45, 2.75) is 26.7 Å². The molecule has 74 valence electrons. The minimum absolute atomic E-state index is 0.0818.